The number of ether oxygens (including phenoxy) is 1. The molecule has 0 aliphatic rings. The van der Waals surface area contributed by atoms with Gasteiger partial charge < -0.3 is 4.74 Å². The fourth-order valence-corrected chi connectivity index (χ4v) is 2.95. The number of hydrogen-bond acceptors (Lipinski definition) is 4. The van der Waals surface area contributed by atoms with Crippen LogP contribution >= 0.6 is 15.9 Å². The van der Waals surface area contributed by atoms with E-state index in [1.165, 1.54) is 5.69 Å². The molecule has 1 rings (SSSR count). The van der Waals surface area contributed by atoms with Crippen molar-refractivity contribution in [1.29, 1.82) is 0 Å². The molecule has 0 saturated heterocycles. The minimum atomic E-state index is 0.0626. The van der Waals surface area contributed by atoms with Crippen LogP contribution in [0.4, 0.5) is 0 Å². The van der Waals surface area contributed by atoms with Crippen LogP contribution in [0.15, 0.2) is 4.47 Å². The summed E-state index contributed by atoms with van der Waals surface area (Å²) in [5.41, 5.74) is 5.09. The Morgan fingerprint density at radius 1 is 1.40 bits per heavy atom. The van der Waals surface area contributed by atoms with Crippen molar-refractivity contribution in [2.45, 2.75) is 59.7 Å². The van der Waals surface area contributed by atoms with Crippen molar-refractivity contribution in [2.24, 2.45) is 11.8 Å². The molecular weight excluding hydrogens is 320 g/mol. The van der Waals surface area contributed by atoms with Crippen LogP contribution in [0.3, 0.4) is 0 Å². The van der Waals surface area contributed by atoms with Gasteiger partial charge in [-0.15, -0.1) is 0 Å². The zero-order valence-electron chi connectivity index (χ0n) is 13.1. The van der Waals surface area contributed by atoms with Crippen molar-refractivity contribution in [2.75, 3.05) is 6.61 Å². The second-order valence-corrected chi connectivity index (χ2v) is 6.10. The summed E-state index contributed by atoms with van der Waals surface area (Å²) in [5.74, 6) is 6.16. The molecule has 0 amide bonds. The predicted molar refractivity (Wildman–Crippen MR) is 85.4 cm³/mol. The summed E-state index contributed by atoms with van der Waals surface area (Å²) in [5, 5.41) is 4.53. The highest BCUT2D eigenvalue weighted by atomic mass is 79.9. The average Bonchev–Trinajstić information content (AvgIpc) is 2.69. The Hall–Kier alpha value is -0.430. The van der Waals surface area contributed by atoms with Gasteiger partial charge in [-0.25, -0.2) is 0 Å². The maximum atomic E-state index is 5.86. The molecule has 0 saturated carbocycles. The van der Waals surface area contributed by atoms with E-state index < -0.39 is 0 Å². The monoisotopic (exact) mass is 346 g/mol. The fourth-order valence-electron chi connectivity index (χ4n) is 2.51. The van der Waals surface area contributed by atoms with Crippen molar-refractivity contribution in [3.63, 3.8) is 0 Å². The van der Waals surface area contributed by atoms with Crippen molar-refractivity contribution in [3.8, 4) is 0 Å². The van der Waals surface area contributed by atoms with Gasteiger partial charge in [0.15, 0.2) is 0 Å². The molecule has 1 heterocycles. The van der Waals surface area contributed by atoms with Gasteiger partial charge in [-0.3, -0.25) is 16.0 Å². The summed E-state index contributed by atoms with van der Waals surface area (Å²) < 4.78 is 8.95. The smallest absolute Gasteiger partial charge is 0.0767 e. The molecule has 0 bridgehead atoms. The van der Waals surface area contributed by atoms with Gasteiger partial charge in [-0.05, 0) is 42.6 Å². The number of nitrogens with zero attached hydrogens (tertiary/aromatic N) is 2. The van der Waals surface area contributed by atoms with E-state index in [4.69, 9.17) is 10.6 Å². The molecule has 20 heavy (non-hydrogen) atoms. The molecule has 5 nitrogen and oxygen atoms in total. The Kier molecular flexibility index (Phi) is 7.15. The molecule has 2 unspecified atom stereocenters. The molecule has 0 aliphatic carbocycles. The van der Waals surface area contributed by atoms with Crippen LogP contribution in [0.25, 0.3) is 0 Å². The number of aromatic nitrogens is 2. The molecule has 1 aromatic rings. The van der Waals surface area contributed by atoms with E-state index >= 15 is 0 Å². The lowest BCUT2D eigenvalue weighted by Gasteiger charge is -2.29. The van der Waals surface area contributed by atoms with Gasteiger partial charge in [0.25, 0.3) is 0 Å². The SMILES string of the molecule is CCOC(C(C)C)C(Cc1c(Br)c(C)nn1CC)NN. The van der Waals surface area contributed by atoms with Crippen LogP contribution in [0.1, 0.15) is 39.1 Å². The molecule has 0 aliphatic heterocycles. The third-order valence-electron chi connectivity index (χ3n) is 3.49. The van der Waals surface area contributed by atoms with Gasteiger partial charge >= 0.3 is 0 Å². The highest BCUT2D eigenvalue weighted by Crippen LogP contribution is 2.24. The van der Waals surface area contributed by atoms with E-state index in [0.717, 1.165) is 23.1 Å². The predicted octanol–water partition coefficient (Wildman–Crippen LogP) is 2.41. The highest BCUT2D eigenvalue weighted by molar-refractivity contribution is 9.10. The van der Waals surface area contributed by atoms with Crippen LogP contribution in [0, 0.1) is 12.8 Å². The topological polar surface area (TPSA) is 65.1 Å². The lowest BCUT2D eigenvalue weighted by Crippen LogP contribution is -2.49. The first-order valence-electron chi connectivity index (χ1n) is 7.25. The van der Waals surface area contributed by atoms with Crippen LogP contribution in [-0.4, -0.2) is 28.5 Å². The van der Waals surface area contributed by atoms with Crippen LogP contribution < -0.4 is 11.3 Å². The molecule has 116 valence electrons. The first kappa shape index (κ1) is 17.6. The summed E-state index contributed by atoms with van der Waals surface area (Å²) >= 11 is 3.63. The van der Waals surface area contributed by atoms with Gasteiger partial charge in [0.2, 0.25) is 0 Å². The highest BCUT2D eigenvalue weighted by Gasteiger charge is 2.27. The standard InChI is InChI=1S/C14H27BrN4O/c1-6-19-12(13(15)10(5)18-19)8-11(17-16)14(9(3)4)20-7-2/h9,11,14,17H,6-8,16H2,1-5H3. The number of nitrogens with one attached hydrogen (secondary N) is 1. The Morgan fingerprint density at radius 2 is 2.05 bits per heavy atom. The molecule has 0 aromatic carbocycles. The molecule has 6 heteroatoms. The Morgan fingerprint density at radius 3 is 2.50 bits per heavy atom. The van der Waals surface area contributed by atoms with Gasteiger partial charge in [0, 0.05) is 19.6 Å². The Bertz CT molecular complexity index is 420. The molecular formula is C14H27BrN4O. The first-order valence-corrected chi connectivity index (χ1v) is 8.04. The number of rotatable bonds is 8. The van der Waals surface area contributed by atoms with Crippen molar-refractivity contribution in [1.82, 2.24) is 15.2 Å². The Labute approximate surface area is 130 Å². The molecule has 0 radical (unpaired) electrons. The van der Waals surface area contributed by atoms with E-state index in [1.807, 2.05) is 18.5 Å². The zero-order valence-corrected chi connectivity index (χ0v) is 14.7. The van der Waals surface area contributed by atoms with Gasteiger partial charge in [-0.2, -0.15) is 5.10 Å². The van der Waals surface area contributed by atoms with Crippen molar-refractivity contribution >= 4 is 15.9 Å². The maximum absolute atomic E-state index is 5.86. The largest absolute Gasteiger partial charge is 0.377 e. The van der Waals surface area contributed by atoms with Crippen molar-refractivity contribution in [3.05, 3.63) is 15.9 Å². The number of hydrazine groups is 1. The second kappa shape index (κ2) is 8.12. The number of nitrogens with two attached hydrogens (primary N) is 1. The number of hydrogen-bond donors (Lipinski definition) is 2. The first-order chi connectivity index (χ1) is 9.46. The lowest BCUT2D eigenvalue weighted by molar-refractivity contribution is 0.00308. The van der Waals surface area contributed by atoms with Crippen LogP contribution in [0.5, 0.6) is 0 Å². The second-order valence-electron chi connectivity index (χ2n) is 5.30. The van der Waals surface area contributed by atoms with E-state index in [2.05, 4.69) is 47.2 Å². The van der Waals surface area contributed by atoms with E-state index in [0.29, 0.717) is 12.5 Å². The van der Waals surface area contributed by atoms with E-state index in [9.17, 15) is 0 Å². The number of aryl methyl sites for hydroxylation is 2. The summed E-state index contributed by atoms with van der Waals surface area (Å²) in [6, 6.07) is 0.0626. The van der Waals surface area contributed by atoms with Crippen molar-refractivity contribution < 1.29 is 4.74 Å². The lowest BCUT2D eigenvalue weighted by atomic mass is 9.96. The molecule has 0 spiro atoms. The van der Waals surface area contributed by atoms with E-state index in [1.54, 1.807) is 0 Å². The molecule has 3 N–H and O–H groups in total. The summed E-state index contributed by atoms with van der Waals surface area (Å²) in [6.45, 7) is 12.0. The zero-order chi connectivity index (χ0) is 15.3. The molecule has 2 atom stereocenters. The third-order valence-corrected chi connectivity index (χ3v) is 4.52. The normalized spacial score (nSPS) is 14.8. The van der Waals surface area contributed by atoms with Gasteiger partial charge in [-0.1, -0.05) is 13.8 Å². The summed E-state index contributed by atoms with van der Waals surface area (Å²) in [6.07, 6.45) is 0.867. The summed E-state index contributed by atoms with van der Waals surface area (Å²) in [7, 11) is 0. The summed E-state index contributed by atoms with van der Waals surface area (Å²) in [4.78, 5) is 0. The average molecular weight is 347 g/mol. The van der Waals surface area contributed by atoms with Gasteiger partial charge in [0.05, 0.1) is 28.0 Å². The van der Waals surface area contributed by atoms with E-state index in [-0.39, 0.29) is 12.1 Å². The minimum Gasteiger partial charge on any atom is -0.377 e. The van der Waals surface area contributed by atoms with Crippen LogP contribution in [-0.2, 0) is 17.7 Å². The molecule has 0 fully saturated rings. The third kappa shape index (κ3) is 4.04. The minimum absolute atomic E-state index is 0.0626. The molecule has 1 aromatic heterocycles. The quantitative estimate of drug-likeness (QED) is 0.560. The Balaban J connectivity index is 2.97. The van der Waals surface area contributed by atoms with Gasteiger partial charge in [0.1, 0.15) is 0 Å². The maximum Gasteiger partial charge on any atom is 0.0767 e. The number of halogens is 1. The van der Waals surface area contributed by atoms with Crippen LogP contribution in [0.2, 0.25) is 0 Å². The fraction of sp³-hybridized carbons (Fsp3) is 0.786.